The zero-order chi connectivity index (χ0) is 7.11. The summed E-state index contributed by atoms with van der Waals surface area (Å²) in [5, 5.41) is 8.89. The number of aliphatic hydroxyl groups is 1. The van der Waals surface area contributed by atoms with Crippen LogP contribution in [0.4, 0.5) is 0 Å². The van der Waals surface area contributed by atoms with Gasteiger partial charge in [0.2, 0.25) is 0 Å². The fourth-order valence-electron chi connectivity index (χ4n) is 0.466. The first kappa shape index (κ1) is 8.66. The Bertz CT molecular complexity index is 71.3. The molecule has 0 saturated heterocycles. The third-order valence-corrected chi connectivity index (χ3v) is 1.03. The average molecular weight is 130 g/mol. The lowest BCUT2D eigenvalue weighted by Crippen LogP contribution is -2.06. The molecule has 0 bridgehead atoms. The topological polar surface area (TPSA) is 29.5 Å². The normalized spacial score (nSPS) is 13.1. The van der Waals surface area contributed by atoms with Crippen molar-refractivity contribution in [3.05, 3.63) is 12.7 Å². The third kappa shape index (κ3) is 5.53. The standard InChI is InChI=1S/C7H14O2/c1-3-7(8)5-6-9-4-2/h3,7-8H,1,4-6H2,2H3. The average Bonchev–Trinajstić information content (AvgIpc) is 1.89. The van der Waals surface area contributed by atoms with Gasteiger partial charge in [-0.25, -0.2) is 0 Å². The van der Waals surface area contributed by atoms with Crippen LogP contribution >= 0.6 is 0 Å². The van der Waals surface area contributed by atoms with Crippen molar-refractivity contribution in [2.24, 2.45) is 0 Å². The summed E-state index contributed by atoms with van der Waals surface area (Å²) < 4.78 is 5.00. The van der Waals surface area contributed by atoms with Gasteiger partial charge in [-0.3, -0.25) is 0 Å². The van der Waals surface area contributed by atoms with E-state index in [1.807, 2.05) is 6.92 Å². The van der Waals surface area contributed by atoms with Crippen molar-refractivity contribution in [2.75, 3.05) is 13.2 Å². The zero-order valence-corrected chi connectivity index (χ0v) is 5.84. The maximum absolute atomic E-state index is 8.89. The number of aliphatic hydroxyl groups excluding tert-OH is 1. The first-order valence-corrected chi connectivity index (χ1v) is 3.19. The second-order valence-electron chi connectivity index (χ2n) is 1.79. The van der Waals surface area contributed by atoms with Crippen molar-refractivity contribution in [2.45, 2.75) is 19.4 Å². The minimum Gasteiger partial charge on any atom is -0.389 e. The smallest absolute Gasteiger partial charge is 0.0740 e. The molecule has 2 nitrogen and oxygen atoms in total. The first-order chi connectivity index (χ1) is 4.31. The second-order valence-corrected chi connectivity index (χ2v) is 1.79. The molecule has 2 heteroatoms. The Hall–Kier alpha value is -0.340. The largest absolute Gasteiger partial charge is 0.389 e. The molecular weight excluding hydrogens is 116 g/mol. The van der Waals surface area contributed by atoms with Gasteiger partial charge in [-0.1, -0.05) is 6.08 Å². The minimum atomic E-state index is -0.406. The Morgan fingerprint density at radius 1 is 1.78 bits per heavy atom. The van der Waals surface area contributed by atoms with Crippen LogP contribution in [0.1, 0.15) is 13.3 Å². The lowest BCUT2D eigenvalue weighted by Gasteiger charge is -2.03. The van der Waals surface area contributed by atoms with E-state index < -0.39 is 6.10 Å². The molecule has 0 radical (unpaired) electrons. The molecule has 0 aromatic carbocycles. The first-order valence-electron chi connectivity index (χ1n) is 3.19. The van der Waals surface area contributed by atoms with E-state index in [0.717, 1.165) is 0 Å². The maximum atomic E-state index is 8.89. The highest BCUT2D eigenvalue weighted by Crippen LogP contribution is 1.91. The number of rotatable bonds is 5. The molecule has 1 unspecified atom stereocenters. The molecular formula is C7H14O2. The molecule has 0 fully saturated rings. The zero-order valence-electron chi connectivity index (χ0n) is 5.84. The predicted molar refractivity (Wildman–Crippen MR) is 37.3 cm³/mol. The molecule has 9 heavy (non-hydrogen) atoms. The number of ether oxygens (including phenoxy) is 1. The van der Waals surface area contributed by atoms with Crippen molar-refractivity contribution in [1.82, 2.24) is 0 Å². The van der Waals surface area contributed by atoms with Crippen molar-refractivity contribution < 1.29 is 9.84 Å². The Morgan fingerprint density at radius 3 is 2.89 bits per heavy atom. The molecule has 0 aliphatic heterocycles. The van der Waals surface area contributed by atoms with Crippen LogP contribution in [-0.4, -0.2) is 24.4 Å². The van der Waals surface area contributed by atoms with Crippen LogP contribution in [0, 0.1) is 0 Å². The molecule has 0 aliphatic carbocycles. The lowest BCUT2D eigenvalue weighted by atomic mass is 10.3. The van der Waals surface area contributed by atoms with Crippen molar-refractivity contribution in [3.8, 4) is 0 Å². The number of hydrogen-bond donors (Lipinski definition) is 1. The Morgan fingerprint density at radius 2 is 2.44 bits per heavy atom. The Labute approximate surface area is 56.1 Å². The van der Waals surface area contributed by atoms with Gasteiger partial charge >= 0.3 is 0 Å². The van der Waals surface area contributed by atoms with Crippen molar-refractivity contribution in [3.63, 3.8) is 0 Å². The molecule has 0 saturated carbocycles. The van der Waals surface area contributed by atoms with Gasteiger partial charge in [0, 0.05) is 19.6 Å². The third-order valence-electron chi connectivity index (χ3n) is 1.03. The van der Waals surface area contributed by atoms with Crippen LogP contribution < -0.4 is 0 Å². The summed E-state index contributed by atoms with van der Waals surface area (Å²) in [6, 6.07) is 0. The van der Waals surface area contributed by atoms with Gasteiger partial charge in [-0.15, -0.1) is 6.58 Å². The summed E-state index contributed by atoms with van der Waals surface area (Å²) in [6.45, 7) is 6.69. The van der Waals surface area contributed by atoms with E-state index in [0.29, 0.717) is 19.6 Å². The SMILES string of the molecule is C=CC(O)CCOCC. The van der Waals surface area contributed by atoms with Crippen molar-refractivity contribution in [1.29, 1.82) is 0 Å². The van der Waals surface area contributed by atoms with E-state index in [2.05, 4.69) is 6.58 Å². The molecule has 0 heterocycles. The van der Waals surface area contributed by atoms with Crippen LogP contribution in [0.25, 0.3) is 0 Å². The number of hydrogen-bond acceptors (Lipinski definition) is 2. The Balaban J connectivity index is 2.96. The molecule has 0 aromatic heterocycles. The minimum absolute atomic E-state index is 0.406. The van der Waals surface area contributed by atoms with E-state index in [9.17, 15) is 0 Å². The van der Waals surface area contributed by atoms with Gasteiger partial charge < -0.3 is 9.84 Å². The molecule has 1 atom stereocenters. The van der Waals surface area contributed by atoms with Crippen LogP contribution in [0.2, 0.25) is 0 Å². The summed E-state index contributed by atoms with van der Waals surface area (Å²) in [7, 11) is 0. The lowest BCUT2D eigenvalue weighted by molar-refractivity contribution is 0.107. The van der Waals surface area contributed by atoms with Gasteiger partial charge in [0.25, 0.3) is 0 Å². The van der Waals surface area contributed by atoms with Gasteiger partial charge in [-0.2, -0.15) is 0 Å². The molecule has 54 valence electrons. The predicted octanol–water partition coefficient (Wildman–Crippen LogP) is 0.960. The highest BCUT2D eigenvalue weighted by atomic mass is 16.5. The molecule has 0 aromatic rings. The Kier molecular flexibility index (Phi) is 5.57. The van der Waals surface area contributed by atoms with Gasteiger partial charge in [0.05, 0.1) is 6.10 Å². The van der Waals surface area contributed by atoms with Crippen LogP contribution in [0.15, 0.2) is 12.7 Å². The monoisotopic (exact) mass is 130 g/mol. The quantitative estimate of drug-likeness (QED) is 0.443. The van der Waals surface area contributed by atoms with E-state index >= 15 is 0 Å². The molecule has 0 spiro atoms. The van der Waals surface area contributed by atoms with Crippen LogP contribution in [-0.2, 0) is 4.74 Å². The molecule has 0 rings (SSSR count). The second kappa shape index (κ2) is 5.79. The van der Waals surface area contributed by atoms with Gasteiger partial charge in [-0.05, 0) is 6.92 Å². The molecule has 1 N–H and O–H groups in total. The van der Waals surface area contributed by atoms with Crippen molar-refractivity contribution >= 4 is 0 Å². The maximum Gasteiger partial charge on any atom is 0.0740 e. The van der Waals surface area contributed by atoms with E-state index in [4.69, 9.17) is 9.84 Å². The highest BCUT2D eigenvalue weighted by molar-refractivity contribution is 4.77. The summed E-state index contributed by atoms with van der Waals surface area (Å²) in [5.74, 6) is 0. The molecule has 0 aliphatic rings. The van der Waals surface area contributed by atoms with E-state index in [-0.39, 0.29) is 0 Å². The summed E-state index contributed by atoms with van der Waals surface area (Å²) in [5.41, 5.74) is 0. The molecule has 0 amide bonds. The van der Waals surface area contributed by atoms with Gasteiger partial charge in [0.15, 0.2) is 0 Å². The summed E-state index contributed by atoms with van der Waals surface area (Å²) in [4.78, 5) is 0. The van der Waals surface area contributed by atoms with Crippen LogP contribution in [0.5, 0.6) is 0 Å². The summed E-state index contributed by atoms with van der Waals surface area (Å²) >= 11 is 0. The van der Waals surface area contributed by atoms with Crippen LogP contribution in [0.3, 0.4) is 0 Å². The summed E-state index contributed by atoms with van der Waals surface area (Å²) in [6.07, 6.45) is 1.76. The fourth-order valence-corrected chi connectivity index (χ4v) is 0.466. The van der Waals surface area contributed by atoms with E-state index in [1.54, 1.807) is 0 Å². The fraction of sp³-hybridized carbons (Fsp3) is 0.714. The van der Waals surface area contributed by atoms with Gasteiger partial charge in [0.1, 0.15) is 0 Å². The highest BCUT2D eigenvalue weighted by Gasteiger charge is 1.94. The van der Waals surface area contributed by atoms with E-state index in [1.165, 1.54) is 6.08 Å².